The van der Waals surface area contributed by atoms with E-state index in [0.29, 0.717) is 24.6 Å². The van der Waals surface area contributed by atoms with Crippen LogP contribution >= 0.6 is 15.9 Å². The van der Waals surface area contributed by atoms with Gasteiger partial charge in [0.1, 0.15) is 11.3 Å². The third-order valence-corrected chi connectivity index (χ3v) is 6.16. The fourth-order valence-electron chi connectivity index (χ4n) is 3.87. The van der Waals surface area contributed by atoms with Gasteiger partial charge in [0.2, 0.25) is 0 Å². The molecule has 0 radical (unpaired) electrons. The van der Waals surface area contributed by atoms with Gasteiger partial charge in [-0.15, -0.1) is 0 Å². The highest BCUT2D eigenvalue weighted by Gasteiger charge is 2.39. The van der Waals surface area contributed by atoms with Crippen LogP contribution < -0.4 is 5.56 Å². The van der Waals surface area contributed by atoms with E-state index in [1.807, 2.05) is 13.8 Å². The summed E-state index contributed by atoms with van der Waals surface area (Å²) in [4.78, 5) is 28.9. The standard InChI is InChI=1S/C21H20BrF2N3O4/c1-21(2)10-31-9-16(21)27-15-5-11(20(29)30-3)4-13(23)19(15)25-17(27)8-26-7-14(24)12(22)6-18(26)28/h4-7,16H,8-10H2,1-3H3/t16-/m1/s1. The van der Waals surface area contributed by atoms with Gasteiger partial charge in [0.05, 0.1) is 48.5 Å². The summed E-state index contributed by atoms with van der Waals surface area (Å²) in [5, 5.41) is 0. The normalized spacial score (nSPS) is 17.9. The van der Waals surface area contributed by atoms with Gasteiger partial charge in [0.25, 0.3) is 5.56 Å². The first-order valence-corrected chi connectivity index (χ1v) is 10.3. The van der Waals surface area contributed by atoms with E-state index in [2.05, 4.69) is 20.9 Å². The first kappa shape index (κ1) is 21.6. The number of halogens is 3. The van der Waals surface area contributed by atoms with Crippen LogP contribution in [0.15, 0.2) is 33.7 Å². The maximum atomic E-state index is 14.9. The van der Waals surface area contributed by atoms with Gasteiger partial charge in [0.15, 0.2) is 11.6 Å². The number of rotatable bonds is 4. The fourth-order valence-corrected chi connectivity index (χ4v) is 4.17. The predicted molar refractivity (Wildman–Crippen MR) is 112 cm³/mol. The molecule has 0 amide bonds. The highest BCUT2D eigenvalue weighted by molar-refractivity contribution is 9.10. The van der Waals surface area contributed by atoms with E-state index in [4.69, 9.17) is 9.47 Å². The molecule has 0 aliphatic carbocycles. The lowest BCUT2D eigenvalue weighted by Gasteiger charge is -2.28. The average Bonchev–Trinajstić information content (AvgIpc) is 3.24. The molecule has 4 rings (SSSR count). The monoisotopic (exact) mass is 495 g/mol. The van der Waals surface area contributed by atoms with Crippen LogP contribution in [-0.4, -0.2) is 40.4 Å². The number of esters is 1. The number of fused-ring (bicyclic) bond motifs is 1. The van der Waals surface area contributed by atoms with Gasteiger partial charge in [-0.25, -0.2) is 18.6 Å². The minimum Gasteiger partial charge on any atom is -0.465 e. The van der Waals surface area contributed by atoms with Gasteiger partial charge in [-0.2, -0.15) is 0 Å². The van der Waals surface area contributed by atoms with Crippen LogP contribution in [0, 0.1) is 17.0 Å². The molecule has 3 heterocycles. The number of hydrogen-bond acceptors (Lipinski definition) is 5. The van der Waals surface area contributed by atoms with Gasteiger partial charge in [-0.1, -0.05) is 13.8 Å². The Morgan fingerprint density at radius 3 is 2.71 bits per heavy atom. The summed E-state index contributed by atoms with van der Waals surface area (Å²) in [5.41, 5.74) is -0.287. The zero-order valence-electron chi connectivity index (χ0n) is 17.1. The number of hydrogen-bond donors (Lipinski definition) is 0. The third-order valence-electron chi connectivity index (χ3n) is 5.55. The first-order chi connectivity index (χ1) is 14.6. The van der Waals surface area contributed by atoms with E-state index in [-0.39, 0.29) is 33.6 Å². The molecule has 1 fully saturated rings. The van der Waals surface area contributed by atoms with Crippen LogP contribution in [0.1, 0.15) is 36.1 Å². The number of carbonyl (C=O) groups is 1. The molecule has 164 valence electrons. The van der Waals surface area contributed by atoms with Crippen LogP contribution in [-0.2, 0) is 16.0 Å². The Kier molecular flexibility index (Phi) is 5.47. The molecule has 1 atom stereocenters. The smallest absolute Gasteiger partial charge is 0.338 e. The van der Waals surface area contributed by atoms with Crippen molar-refractivity contribution in [3.63, 3.8) is 0 Å². The van der Waals surface area contributed by atoms with Crippen molar-refractivity contribution in [2.45, 2.75) is 26.4 Å². The van der Waals surface area contributed by atoms with E-state index >= 15 is 0 Å². The van der Waals surface area contributed by atoms with Crippen LogP contribution in [0.3, 0.4) is 0 Å². The second-order valence-electron chi connectivity index (χ2n) is 8.17. The molecule has 1 aliphatic rings. The van der Waals surface area contributed by atoms with Crippen LogP contribution in [0.2, 0.25) is 0 Å². The molecular weight excluding hydrogens is 476 g/mol. The van der Waals surface area contributed by atoms with Crippen molar-refractivity contribution in [1.82, 2.24) is 14.1 Å². The minimum absolute atomic E-state index is 0.0452. The lowest BCUT2D eigenvalue weighted by Crippen LogP contribution is -2.29. The SMILES string of the molecule is COC(=O)c1cc(F)c2nc(Cn3cc(F)c(Br)cc3=O)n([C@@H]3COCC3(C)C)c2c1. The van der Waals surface area contributed by atoms with Crippen molar-refractivity contribution < 1.29 is 23.0 Å². The topological polar surface area (TPSA) is 75.4 Å². The summed E-state index contributed by atoms with van der Waals surface area (Å²) >= 11 is 3.00. The number of carbonyl (C=O) groups excluding carboxylic acids is 1. The lowest BCUT2D eigenvalue weighted by atomic mass is 9.87. The van der Waals surface area contributed by atoms with Crippen LogP contribution in [0.5, 0.6) is 0 Å². The molecule has 2 aromatic heterocycles. The molecular formula is C21H20BrF2N3O4. The number of aromatic nitrogens is 3. The summed E-state index contributed by atoms with van der Waals surface area (Å²) in [7, 11) is 1.22. The van der Waals surface area contributed by atoms with Gasteiger partial charge in [0, 0.05) is 17.7 Å². The maximum Gasteiger partial charge on any atom is 0.338 e. The molecule has 0 unspecified atom stereocenters. The molecule has 0 N–H and O–H groups in total. The van der Waals surface area contributed by atoms with E-state index < -0.39 is 23.2 Å². The van der Waals surface area contributed by atoms with E-state index in [0.717, 1.165) is 18.3 Å². The first-order valence-electron chi connectivity index (χ1n) is 9.54. The molecule has 10 heteroatoms. The Hall–Kier alpha value is -2.59. The second kappa shape index (κ2) is 7.83. The fraction of sp³-hybridized carbons (Fsp3) is 0.381. The molecule has 3 aromatic rings. The van der Waals surface area contributed by atoms with Crippen LogP contribution in [0.25, 0.3) is 11.0 Å². The summed E-state index contributed by atoms with van der Waals surface area (Å²) in [6, 6.07) is 3.47. The van der Waals surface area contributed by atoms with Crippen molar-refractivity contribution in [3.05, 3.63) is 62.2 Å². The molecule has 1 saturated heterocycles. The van der Waals surface area contributed by atoms with Crippen molar-refractivity contribution in [2.75, 3.05) is 20.3 Å². The summed E-state index contributed by atoms with van der Waals surface area (Å²) in [6.07, 6.45) is 1.07. The Morgan fingerprint density at radius 2 is 2.06 bits per heavy atom. The molecule has 0 spiro atoms. The summed E-state index contributed by atoms with van der Waals surface area (Å²) < 4.78 is 42.4. The largest absolute Gasteiger partial charge is 0.465 e. The van der Waals surface area contributed by atoms with Gasteiger partial charge < -0.3 is 18.6 Å². The zero-order valence-corrected chi connectivity index (χ0v) is 18.7. The Balaban J connectivity index is 1.95. The molecule has 0 bridgehead atoms. The average molecular weight is 496 g/mol. The third kappa shape index (κ3) is 3.78. The molecule has 7 nitrogen and oxygen atoms in total. The number of pyridine rings is 1. The van der Waals surface area contributed by atoms with E-state index in [9.17, 15) is 18.4 Å². The Morgan fingerprint density at radius 1 is 1.32 bits per heavy atom. The molecule has 31 heavy (non-hydrogen) atoms. The highest BCUT2D eigenvalue weighted by Crippen LogP contribution is 2.40. The minimum atomic E-state index is -0.691. The van der Waals surface area contributed by atoms with Crippen molar-refractivity contribution in [3.8, 4) is 0 Å². The molecule has 1 aromatic carbocycles. The van der Waals surface area contributed by atoms with Crippen molar-refractivity contribution in [2.24, 2.45) is 5.41 Å². The number of benzene rings is 1. The zero-order chi connectivity index (χ0) is 22.5. The molecule has 1 aliphatic heterocycles. The number of ether oxygens (including phenoxy) is 2. The van der Waals surface area contributed by atoms with Gasteiger partial charge in [-0.05, 0) is 28.1 Å². The number of methoxy groups -OCH3 is 1. The van der Waals surface area contributed by atoms with Crippen molar-refractivity contribution in [1.29, 1.82) is 0 Å². The van der Waals surface area contributed by atoms with Gasteiger partial charge >= 0.3 is 5.97 Å². The summed E-state index contributed by atoms with van der Waals surface area (Å²) in [5.74, 6) is -1.62. The highest BCUT2D eigenvalue weighted by atomic mass is 79.9. The molecule has 0 saturated carbocycles. The summed E-state index contributed by atoms with van der Waals surface area (Å²) in [6.45, 7) is 4.75. The maximum absolute atomic E-state index is 14.9. The quantitative estimate of drug-likeness (QED) is 0.516. The second-order valence-corrected chi connectivity index (χ2v) is 9.02. The van der Waals surface area contributed by atoms with E-state index in [1.165, 1.54) is 17.7 Å². The Bertz CT molecular complexity index is 1250. The Labute approximate surface area is 184 Å². The van der Waals surface area contributed by atoms with Crippen molar-refractivity contribution >= 4 is 32.9 Å². The lowest BCUT2D eigenvalue weighted by molar-refractivity contribution is 0.0600. The van der Waals surface area contributed by atoms with Gasteiger partial charge in [-0.3, -0.25) is 4.79 Å². The number of imidazole rings is 1. The number of nitrogens with zero attached hydrogens (tertiary/aromatic N) is 3. The van der Waals surface area contributed by atoms with E-state index in [1.54, 1.807) is 4.57 Å². The van der Waals surface area contributed by atoms with Crippen LogP contribution in [0.4, 0.5) is 8.78 Å². The predicted octanol–water partition coefficient (Wildman–Crippen LogP) is 3.67.